The van der Waals surface area contributed by atoms with Gasteiger partial charge >= 0.3 is 0 Å². The van der Waals surface area contributed by atoms with Crippen molar-refractivity contribution in [3.63, 3.8) is 0 Å². The average molecular weight is 240 g/mol. The second kappa shape index (κ2) is 5.96. The Kier molecular flexibility index (Phi) is 4.07. The summed E-state index contributed by atoms with van der Waals surface area (Å²) in [5.41, 5.74) is 2.30. The lowest BCUT2D eigenvalue weighted by atomic mass is 10.1. The van der Waals surface area contributed by atoms with E-state index in [0.717, 1.165) is 12.0 Å². The summed E-state index contributed by atoms with van der Waals surface area (Å²) in [6.45, 7) is 2.11. The lowest BCUT2D eigenvalue weighted by Gasteiger charge is -2.04. The Morgan fingerprint density at radius 1 is 1.11 bits per heavy atom. The zero-order chi connectivity index (χ0) is 12.8. The predicted octanol–water partition coefficient (Wildman–Crippen LogP) is 2.83. The van der Waals surface area contributed by atoms with Crippen LogP contribution in [0.5, 0.6) is 0 Å². The standard InChI is InChI=1S/C15H16N2O/c1-2-12-6-8-13(9-7-12)11-15(18)17-14-5-3-4-10-16-14/h3-10H,2,11H2,1H3,(H,16,17,18). The van der Waals surface area contributed by atoms with E-state index in [-0.39, 0.29) is 5.91 Å². The molecule has 18 heavy (non-hydrogen) atoms. The number of anilines is 1. The van der Waals surface area contributed by atoms with E-state index in [4.69, 9.17) is 0 Å². The number of amides is 1. The Balaban J connectivity index is 1.94. The number of nitrogens with one attached hydrogen (secondary N) is 1. The highest BCUT2D eigenvalue weighted by atomic mass is 16.1. The Morgan fingerprint density at radius 2 is 1.83 bits per heavy atom. The maximum atomic E-state index is 11.8. The maximum absolute atomic E-state index is 11.8. The van der Waals surface area contributed by atoms with Crippen molar-refractivity contribution < 1.29 is 4.79 Å². The van der Waals surface area contributed by atoms with Crippen LogP contribution in [-0.2, 0) is 17.6 Å². The molecule has 0 aliphatic rings. The predicted molar refractivity (Wildman–Crippen MR) is 72.4 cm³/mol. The van der Waals surface area contributed by atoms with Gasteiger partial charge < -0.3 is 5.32 Å². The van der Waals surface area contributed by atoms with Crippen molar-refractivity contribution in [2.24, 2.45) is 0 Å². The second-order valence-electron chi connectivity index (χ2n) is 4.11. The minimum Gasteiger partial charge on any atom is -0.310 e. The fourth-order valence-electron chi connectivity index (χ4n) is 1.70. The van der Waals surface area contributed by atoms with Crippen molar-refractivity contribution in [1.82, 2.24) is 4.98 Å². The van der Waals surface area contributed by atoms with E-state index in [1.54, 1.807) is 12.3 Å². The molecule has 1 aromatic carbocycles. The first-order valence-corrected chi connectivity index (χ1v) is 6.06. The van der Waals surface area contributed by atoms with Crippen LogP contribution < -0.4 is 5.32 Å². The summed E-state index contributed by atoms with van der Waals surface area (Å²) in [5, 5.41) is 2.77. The summed E-state index contributed by atoms with van der Waals surface area (Å²) in [4.78, 5) is 15.8. The number of benzene rings is 1. The van der Waals surface area contributed by atoms with Gasteiger partial charge in [0, 0.05) is 6.20 Å². The molecule has 2 aromatic rings. The number of pyridine rings is 1. The first kappa shape index (κ1) is 12.3. The Morgan fingerprint density at radius 3 is 2.44 bits per heavy atom. The van der Waals surface area contributed by atoms with Crippen LogP contribution in [-0.4, -0.2) is 10.9 Å². The van der Waals surface area contributed by atoms with E-state index < -0.39 is 0 Å². The van der Waals surface area contributed by atoms with Gasteiger partial charge in [0.25, 0.3) is 0 Å². The van der Waals surface area contributed by atoms with Gasteiger partial charge in [-0.3, -0.25) is 4.79 Å². The normalized spacial score (nSPS) is 10.1. The number of nitrogens with zero attached hydrogens (tertiary/aromatic N) is 1. The Hall–Kier alpha value is -2.16. The molecule has 0 bridgehead atoms. The molecule has 1 aromatic heterocycles. The van der Waals surface area contributed by atoms with Gasteiger partial charge in [0.05, 0.1) is 6.42 Å². The van der Waals surface area contributed by atoms with E-state index in [0.29, 0.717) is 12.2 Å². The van der Waals surface area contributed by atoms with Crippen molar-refractivity contribution in [2.75, 3.05) is 5.32 Å². The van der Waals surface area contributed by atoms with E-state index in [1.807, 2.05) is 24.3 Å². The third kappa shape index (κ3) is 3.42. The lowest BCUT2D eigenvalue weighted by Crippen LogP contribution is -2.15. The van der Waals surface area contributed by atoms with E-state index in [1.165, 1.54) is 5.56 Å². The first-order valence-electron chi connectivity index (χ1n) is 6.06. The number of carbonyl (C=O) groups excluding carboxylic acids is 1. The quantitative estimate of drug-likeness (QED) is 0.892. The van der Waals surface area contributed by atoms with Crippen LogP contribution in [0, 0.1) is 0 Å². The van der Waals surface area contributed by atoms with Crippen LogP contribution in [0.15, 0.2) is 48.7 Å². The average Bonchev–Trinajstić information content (AvgIpc) is 2.40. The molecule has 0 radical (unpaired) electrons. The van der Waals surface area contributed by atoms with Crippen molar-refractivity contribution in [3.8, 4) is 0 Å². The summed E-state index contributed by atoms with van der Waals surface area (Å²) < 4.78 is 0. The summed E-state index contributed by atoms with van der Waals surface area (Å²) in [5.74, 6) is 0.547. The molecule has 0 spiro atoms. The summed E-state index contributed by atoms with van der Waals surface area (Å²) >= 11 is 0. The molecular formula is C15H16N2O. The molecule has 1 heterocycles. The molecule has 3 heteroatoms. The monoisotopic (exact) mass is 240 g/mol. The smallest absolute Gasteiger partial charge is 0.229 e. The molecule has 1 N–H and O–H groups in total. The number of hydrogen-bond acceptors (Lipinski definition) is 2. The molecule has 0 atom stereocenters. The first-order chi connectivity index (χ1) is 8.78. The number of hydrogen-bond donors (Lipinski definition) is 1. The second-order valence-corrected chi connectivity index (χ2v) is 4.11. The molecule has 2 rings (SSSR count). The molecule has 1 amide bonds. The maximum Gasteiger partial charge on any atom is 0.229 e. The largest absolute Gasteiger partial charge is 0.310 e. The van der Waals surface area contributed by atoms with Gasteiger partial charge in [0.1, 0.15) is 5.82 Å². The van der Waals surface area contributed by atoms with Crippen LogP contribution in [0.3, 0.4) is 0 Å². The van der Waals surface area contributed by atoms with Crippen LogP contribution in [0.1, 0.15) is 18.1 Å². The summed E-state index contributed by atoms with van der Waals surface area (Å²) in [7, 11) is 0. The van der Waals surface area contributed by atoms with Gasteiger partial charge in [-0.25, -0.2) is 4.98 Å². The SMILES string of the molecule is CCc1ccc(CC(=O)Nc2ccccn2)cc1. The molecule has 0 unspecified atom stereocenters. The van der Waals surface area contributed by atoms with E-state index in [2.05, 4.69) is 29.4 Å². The fourth-order valence-corrected chi connectivity index (χ4v) is 1.70. The molecule has 92 valence electrons. The number of aryl methyl sites for hydroxylation is 1. The summed E-state index contributed by atoms with van der Waals surface area (Å²) in [6.07, 6.45) is 3.05. The Bertz CT molecular complexity index is 506. The molecule has 0 fully saturated rings. The fraction of sp³-hybridized carbons (Fsp3) is 0.200. The van der Waals surface area contributed by atoms with E-state index in [9.17, 15) is 4.79 Å². The third-order valence-corrected chi connectivity index (χ3v) is 2.73. The highest BCUT2D eigenvalue weighted by molar-refractivity contribution is 5.91. The molecule has 0 aliphatic heterocycles. The zero-order valence-corrected chi connectivity index (χ0v) is 10.4. The number of carbonyl (C=O) groups is 1. The zero-order valence-electron chi connectivity index (χ0n) is 10.4. The van der Waals surface area contributed by atoms with Crippen LogP contribution in [0.4, 0.5) is 5.82 Å². The van der Waals surface area contributed by atoms with Crippen molar-refractivity contribution in [3.05, 3.63) is 59.8 Å². The van der Waals surface area contributed by atoms with Crippen molar-refractivity contribution in [2.45, 2.75) is 19.8 Å². The molecular weight excluding hydrogens is 224 g/mol. The van der Waals surface area contributed by atoms with Gasteiger partial charge in [-0.05, 0) is 29.7 Å². The third-order valence-electron chi connectivity index (χ3n) is 2.73. The number of aromatic nitrogens is 1. The van der Waals surface area contributed by atoms with Gasteiger partial charge in [-0.2, -0.15) is 0 Å². The van der Waals surface area contributed by atoms with Crippen molar-refractivity contribution in [1.29, 1.82) is 0 Å². The minimum atomic E-state index is -0.0436. The van der Waals surface area contributed by atoms with Crippen LogP contribution in [0.25, 0.3) is 0 Å². The minimum absolute atomic E-state index is 0.0436. The highest BCUT2D eigenvalue weighted by Gasteiger charge is 2.04. The van der Waals surface area contributed by atoms with Gasteiger partial charge in [-0.15, -0.1) is 0 Å². The number of rotatable bonds is 4. The topological polar surface area (TPSA) is 42.0 Å². The van der Waals surface area contributed by atoms with Gasteiger partial charge in [0.2, 0.25) is 5.91 Å². The lowest BCUT2D eigenvalue weighted by molar-refractivity contribution is -0.115. The van der Waals surface area contributed by atoms with Crippen LogP contribution in [0.2, 0.25) is 0 Å². The molecule has 3 nitrogen and oxygen atoms in total. The highest BCUT2D eigenvalue weighted by Crippen LogP contribution is 2.07. The molecule has 0 saturated carbocycles. The van der Waals surface area contributed by atoms with Gasteiger partial charge in [0.15, 0.2) is 0 Å². The van der Waals surface area contributed by atoms with Crippen molar-refractivity contribution >= 4 is 11.7 Å². The summed E-state index contributed by atoms with van der Waals surface area (Å²) in [6, 6.07) is 13.6. The molecule has 0 saturated heterocycles. The van der Waals surface area contributed by atoms with E-state index >= 15 is 0 Å². The van der Waals surface area contributed by atoms with Crippen LogP contribution >= 0.6 is 0 Å². The molecule has 0 aliphatic carbocycles. The van der Waals surface area contributed by atoms with Gasteiger partial charge in [-0.1, -0.05) is 37.3 Å². The Labute approximate surface area is 107 Å².